The Morgan fingerprint density at radius 3 is 2.53 bits per heavy atom. The molecule has 2 fully saturated rings. The van der Waals surface area contributed by atoms with Gasteiger partial charge in [-0.3, -0.25) is 0 Å². The predicted octanol–water partition coefficient (Wildman–Crippen LogP) is 2.49. The Morgan fingerprint density at radius 1 is 1.18 bits per heavy atom. The lowest BCUT2D eigenvalue weighted by Crippen LogP contribution is -2.53. The van der Waals surface area contributed by atoms with Crippen molar-refractivity contribution in [1.29, 1.82) is 0 Å². The minimum absolute atomic E-state index is 0.0841. The molecule has 2 aliphatic rings. The van der Waals surface area contributed by atoms with Crippen molar-refractivity contribution < 1.29 is 9.47 Å². The van der Waals surface area contributed by atoms with Crippen LogP contribution in [0.15, 0.2) is 0 Å². The molecule has 0 aromatic heterocycles. The molecule has 3 unspecified atom stereocenters. The highest BCUT2D eigenvalue weighted by Crippen LogP contribution is 2.38. The molecule has 2 heterocycles. The van der Waals surface area contributed by atoms with Crippen LogP contribution in [0.3, 0.4) is 0 Å². The van der Waals surface area contributed by atoms with Crippen LogP contribution in [0.4, 0.5) is 0 Å². The first kappa shape index (κ1) is 13.3. The van der Waals surface area contributed by atoms with Gasteiger partial charge in [0.25, 0.3) is 0 Å². The molecule has 2 aliphatic heterocycles. The summed E-state index contributed by atoms with van der Waals surface area (Å²) in [4.78, 5) is 0. The van der Waals surface area contributed by atoms with Crippen LogP contribution in [-0.4, -0.2) is 37.0 Å². The molecule has 3 heteroatoms. The summed E-state index contributed by atoms with van der Waals surface area (Å²) in [6, 6.07) is 0.640. The third kappa shape index (κ3) is 3.43. The molecule has 17 heavy (non-hydrogen) atoms. The van der Waals surface area contributed by atoms with Gasteiger partial charge in [-0.05, 0) is 39.7 Å². The van der Waals surface area contributed by atoms with Crippen LogP contribution in [0.5, 0.6) is 0 Å². The standard InChI is InChI=1S/C14H27NO2/c1-4-6-15-13-5-7-16-14(10-13)8-11(2)17-12(3)9-14/h11-13,15H,4-10H2,1-3H3. The molecule has 2 rings (SSSR count). The molecule has 0 saturated carbocycles. The first-order valence-electron chi connectivity index (χ1n) is 7.16. The second kappa shape index (κ2) is 5.68. The van der Waals surface area contributed by atoms with E-state index in [1.54, 1.807) is 0 Å². The van der Waals surface area contributed by atoms with Crippen LogP contribution in [0.25, 0.3) is 0 Å². The average Bonchev–Trinajstić information content (AvgIpc) is 2.24. The Balaban J connectivity index is 1.94. The van der Waals surface area contributed by atoms with Crippen molar-refractivity contribution in [2.45, 2.75) is 76.7 Å². The van der Waals surface area contributed by atoms with Crippen LogP contribution in [-0.2, 0) is 9.47 Å². The Labute approximate surface area is 105 Å². The fraction of sp³-hybridized carbons (Fsp3) is 1.00. The highest BCUT2D eigenvalue weighted by molar-refractivity contribution is 4.95. The van der Waals surface area contributed by atoms with Crippen molar-refractivity contribution in [1.82, 2.24) is 5.32 Å². The highest BCUT2D eigenvalue weighted by Gasteiger charge is 2.43. The zero-order valence-corrected chi connectivity index (χ0v) is 11.5. The monoisotopic (exact) mass is 241 g/mol. The largest absolute Gasteiger partial charge is 0.375 e. The van der Waals surface area contributed by atoms with E-state index >= 15 is 0 Å². The third-order valence-electron chi connectivity index (χ3n) is 3.96. The molecule has 0 aliphatic carbocycles. The molecule has 0 radical (unpaired) electrons. The second-order valence-electron chi connectivity index (χ2n) is 5.84. The van der Waals surface area contributed by atoms with Crippen molar-refractivity contribution in [3.05, 3.63) is 0 Å². The normalized spacial score (nSPS) is 42.9. The van der Waals surface area contributed by atoms with E-state index in [0.29, 0.717) is 18.2 Å². The molecule has 3 atom stereocenters. The summed E-state index contributed by atoms with van der Waals surface area (Å²) < 4.78 is 12.0. The molecule has 3 nitrogen and oxygen atoms in total. The fourth-order valence-electron chi connectivity index (χ4n) is 3.46. The van der Waals surface area contributed by atoms with Gasteiger partial charge in [0, 0.05) is 25.5 Å². The van der Waals surface area contributed by atoms with E-state index in [1.165, 1.54) is 6.42 Å². The lowest BCUT2D eigenvalue weighted by molar-refractivity contribution is -0.180. The average molecular weight is 241 g/mol. The zero-order chi connectivity index (χ0) is 12.3. The predicted molar refractivity (Wildman–Crippen MR) is 69.2 cm³/mol. The Kier molecular flexibility index (Phi) is 4.45. The topological polar surface area (TPSA) is 30.5 Å². The van der Waals surface area contributed by atoms with E-state index < -0.39 is 0 Å². The number of hydrogen-bond donors (Lipinski definition) is 1. The number of nitrogens with one attached hydrogen (secondary N) is 1. The molecule has 1 N–H and O–H groups in total. The molecule has 0 aromatic rings. The van der Waals surface area contributed by atoms with E-state index in [1.807, 2.05) is 0 Å². The van der Waals surface area contributed by atoms with Crippen LogP contribution < -0.4 is 5.32 Å². The van der Waals surface area contributed by atoms with Gasteiger partial charge in [0.2, 0.25) is 0 Å². The third-order valence-corrected chi connectivity index (χ3v) is 3.96. The summed E-state index contributed by atoms with van der Waals surface area (Å²) in [6.07, 6.45) is 6.31. The van der Waals surface area contributed by atoms with Gasteiger partial charge in [0.1, 0.15) is 0 Å². The van der Waals surface area contributed by atoms with Crippen LogP contribution in [0.1, 0.15) is 52.9 Å². The van der Waals surface area contributed by atoms with Gasteiger partial charge in [-0.2, -0.15) is 0 Å². The lowest BCUT2D eigenvalue weighted by atomic mass is 9.80. The van der Waals surface area contributed by atoms with Crippen molar-refractivity contribution >= 4 is 0 Å². The summed E-state index contributed by atoms with van der Waals surface area (Å²) in [7, 11) is 0. The van der Waals surface area contributed by atoms with Gasteiger partial charge in [-0.25, -0.2) is 0 Å². The Bertz CT molecular complexity index is 234. The maximum atomic E-state index is 6.14. The van der Waals surface area contributed by atoms with Gasteiger partial charge >= 0.3 is 0 Å². The van der Waals surface area contributed by atoms with Crippen molar-refractivity contribution in [3.63, 3.8) is 0 Å². The van der Waals surface area contributed by atoms with Gasteiger partial charge in [0.05, 0.1) is 17.8 Å². The van der Waals surface area contributed by atoms with E-state index in [-0.39, 0.29) is 5.60 Å². The first-order valence-corrected chi connectivity index (χ1v) is 7.16. The zero-order valence-electron chi connectivity index (χ0n) is 11.5. The molecule has 1 spiro atoms. The Morgan fingerprint density at radius 2 is 1.88 bits per heavy atom. The highest BCUT2D eigenvalue weighted by atomic mass is 16.5. The molecule has 0 aromatic carbocycles. The van der Waals surface area contributed by atoms with E-state index in [4.69, 9.17) is 9.47 Å². The lowest BCUT2D eigenvalue weighted by Gasteiger charge is -2.47. The summed E-state index contributed by atoms with van der Waals surface area (Å²) >= 11 is 0. The fourth-order valence-corrected chi connectivity index (χ4v) is 3.46. The molecular weight excluding hydrogens is 214 g/mol. The molecule has 0 bridgehead atoms. The van der Waals surface area contributed by atoms with E-state index in [0.717, 1.165) is 38.8 Å². The minimum Gasteiger partial charge on any atom is -0.375 e. The van der Waals surface area contributed by atoms with Crippen molar-refractivity contribution in [2.24, 2.45) is 0 Å². The van der Waals surface area contributed by atoms with Gasteiger partial charge in [0.15, 0.2) is 0 Å². The number of ether oxygens (including phenoxy) is 2. The second-order valence-corrected chi connectivity index (χ2v) is 5.84. The van der Waals surface area contributed by atoms with Crippen LogP contribution in [0, 0.1) is 0 Å². The van der Waals surface area contributed by atoms with Gasteiger partial charge in [-0.15, -0.1) is 0 Å². The van der Waals surface area contributed by atoms with Crippen molar-refractivity contribution in [2.75, 3.05) is 13.2 Å². The quantitative estimate of drug-likeness (QED) is 0.823. The van der Waals surface area contributed by atoms with Gasteiger partial charge < -0.3 is 14.8 Å². The maximum Gasteiger partial charge on any atom is 0.0746 e. The maximum absolute atomic E-state index is 6.14. The Hall–Kier alpha value is -0.120. The molecule has 100 valence electrons. The molecule has 0 amide bonds. The van der Waals surface area contributed by atoms with Crippen LogP contribution >= 0.6 is 0 Å². The van der Waals surface area contributed by atoms with Gasteiger partial charge in [-0.1, -0.05) is 6.92 Å². The molecule has 2 saturated heterocycles. The smallest absolute Gasteiger partial charge is 0.0746 e. The summed E-state index contributed by atoms with van der Waals surface area (Å²) in [5, 5.41) is 3.65. The van der Waals surface area contributed by atoms with Crippen molar-refractivity contribution in [3.8, 4) is 0 Å². The van der Waals surface area contributed by atoms with Crippen LogP contribution in [0.2, 0.25) is 0 Å². The first-order chi connectivity index (χ1) is 8.13. The minimum atomic E-state index is 0.0841. The summed E-state index contributed by atoms with van der Waals surface area (Å²) in [5.41, 5.74) is 0.0841. The number of hydrogen-bond acceptors (Lipinski definition) is 3. The molecular formula is C14H27NO2. The number of rotatable bonds is 3. The van der Waals surface area contributed by atoms with E-state index in [2.05, 4.69) is 26.1 Å². The summed E-state index contributed by atoms with van der Waals surface area (Å²) in [5.74, 6) is 0. The van der Waals surface area contributed by atoms with E-state index in [9.17, 15) is 0 Å². The summed E-state index contributed by atoms with van der Waals surface area (Å²) in [6.45, 7) is 8.59. The SMILES string of the molecule is CCCNC1CCOC2(C1)CC(C)OC(C)C2.